The molecule has 1 aliphatic rings. The molecule has 1 aromatic heterocycles. The number of hydrogen-bond acceptors (Lipinski definition) is 7. The van der Waals surface area contributed by atoms with Gasteiger partial charge in [0.15, 0.2) is 11.6 Å². The van der Waals surface area contributed by atoms with Crippen molar-refractivity contribution in [1.29, 1.82) is 0 Å². The van der Waals surface area contributed by atoms with E-state index in [1.807, 2.05) is 11.9 Å². The van der Waals surface area contributed by atoms with Crippen molar-refractivity contribution in [2.24, 2.45) is 5.92 Å². The molecular weight excluding hydrogens is 358 g/mol. The number of aliphatic hydroxyl groups is 1. The van der Waals surface area contributed by atoms with Crippen molar-refractivity contribution < 1.29 is 14.6 Å². The fraction of sp³-hybridized carbons (Fsp3) is 0.750. The van der Waals surface area contributed by atoms with Crippen LogP contribution in [-0.2, 0) is 4.74 Å². The Morgan fingerprint density at radius 1 is 1.36 bits per heavy atom. The molecule has 0 radical (unpaired) electrons. The van der Waals surface area contributed by atoms with E-state index >= 15 is 0 Å². The zero-order valence-corrected chi connectivity index (χ0v) is 17.6. The molecule has 1 aromatic rings. The molecule has 2 N–H and O–H groups in total. The molecule has 1 atom stereocenters. The number of likely N-dealkylation sites (N-methyl/N-ethyl adjacent to an activating group) is 1. The number of ether oxygens (including phenoxy) is 1. The van der Waals surface area contributed by atoms with Crippen LogP contribution in [0.25, 0.3) is 0 Å². The number of aromatic nitrogens is 2. The summed E-state index contributed by atoms with van der Waals surface area (Å²) in [5.74, 6) is 1.58. The third-order valence-corrected chi connectivity index (χ3v) is 4.93. The van der Waals surface area contributed by atoms with Crippen molar-refractivity contribution >= 4 is 17.5 Å². The van der Waals surface area contributed by atoms with E-state index in [-0.39, 0.29) is 24.2 Å². The molecule has 1 aliphatic heterocycles. The number of carbonyl (C=O) groups excluding carboxylic acids is 1. The lowest BCUT2D eigenvalue weighted by atomic mass is 10.0. The Morgan fingerprint density at radius 3 is 2.68 bits per heavy atom. The van der Waals surface area contributed by atoms with Crippen LogP contribution in [0.3, 0.4) is 0 Å². The van der Waals surface area contributed by atoms with Gasteiger partial charge in [0.05, 0.1) is 25.5 Å². The molecule has 0 aromatic carbocycles. The van der Waals surface area contributed by atoms with E-state index in [4.69, 9.17) is 4.74 Å². The highest BCUT2D eigenvalue weighted by Gasteiger charge is 2.23. The molecule has 28 heavy (non-hydrogen) atoms. The fourth-order valence-corrected chi connectivity index (χ4v) is 3.41. The van der Waals surface area contributed by atoms with E-state index < -0.39 is 0 Å². The first-order chi connectivity index (χ1) is 13.5. The van der Waals surface area contributed by atoms with Gasteiger partial charge in [-0.1, -0.05) is 13.8 Å². The Kier molecular flexibility index (Phi) is 8.92. The van der Waals surface area contributed by atoms with Crippen LogP contribution in [0.15, 0.2) is 6.20 Å². The molecule has 0 saturated carbocycles. The first-order valence-corrected chi connectivity index (χ1v) is 10.2. The SMILES string of the molecule is COCCN(C)c1nc(C(=O)N[C@H](CO)CC(C)C)cnc1N1CCCCC1. The molecule has 1 saturated heterocycles. The third kappa shape index (κ3) is 6.31. The monoisotopic (exact) mass is 393 g/mol. The highest BCUT2D eigenvalue weighted by atomic mass is 16.5. The van der Waals surface area contributed by atoms with Crippen molar-refractivity contribution in [2.45, 2.75) is 45.6 Å². The molecule has 0 aliphatic carbocycles. The van der Waals surface area contributed by atoms with Gasteiger partial charge < -0.3 is 25.0 Å². The molecule has 0 bridgehead atoms. The summed E-state index contributed by atoms with van der Waals surface area (Å²) in [7, 11) is 3.60. The highest BCUT2D eigenvalue weighted by Crippen LogP contribution is 2.27. The summed E-state index contributed by atoms with van der Waals surface area (Å²) in [6.07, 6.45) is 5.76. The minimum Gasteiger partial charge on any atom is -0.394 e. The van der Waals surface area contributed by atoms with E-state index in [9.17, 15) is 9.90 Å². The van der Waals surface area contributed by atoms with Gasteiger partial charge in [-0.15, -0.1) is 0 Å². The Morgan fingerprint density at radius 2 is 2.07 bits per heavy atom. The first-order valence-electron chi connectivity index (χ1n) is 10.2. The number of hydrogen-bond donors (Lipinski definition) is 2. The fourth-order valence-electron chi connectivity index (χ4n) is 3.41. The lowest BCUT2D eigenvalue weighted by Gasteiger charge is -2.31. The van der Waals surface area contributed by atoms with E-state index in [0.717, 1.165) is 31.7 Å². The highest BCUT2D eigenvalue weighted by molar-refractivity contribution is 5.93. The number of rotatable bonds is 10. The minimum atomic E-state index is -0.307. The molecule has 0 unspecified atom stereocenters. The number of carbonyl (C=O) groups is 1. The van der Waals surface area contributed by atoms with Gasteiger partial charge in [-0.25, -0.2) is 9.97 Å². The van der Waals surface area contributed by atoms with Crippen LogP contribution in [0, 0.1) is 5.92 Å². The van der Waals surface area contributed by atoms with Crippen LogP contribution >= 0.6 is 0 Å². The van der Waals surface area contributed by atoms with Crippen LogP contribution < -0.4 is 15.1 Å². The second-order valence-corrected chi connectivity index (χ2v) is 7.85. The Hall–Kier alpha value is -1.93. The van der Waals surface area contributed by atoms with Crippen LogP contribution in [-0.4, -0.2) is 74.0 Å². The molecule has 0 spiro atoms. The molecule has 8 nitrogen and oxygen atoms in total. The molecule has 2 heterocycles. The van der Waals surface area contributed by atoms with Crippen molar-refractivity contribution in [3.63, 3.8) is 0 Å². The quantitative estimate of drug-likeness (QED) is 0.625. The lowest BCUT2D eigenvalue weighted by molar-refractivity contribution is 0.0903. The number of nitrogens with zero attached hydrogens (tertiary/aromatic N) is 4. The second kappa shape index (κ2) is 11.2. The second-order valence-electron chi connectivity index (χ2n) is 7.85. The molecule has 158 valence electrons. The summed E-state index contributed by atoms with van der Waals surface area (Å²) in [5.41, 5.74) is 0.266. The summed E-state index contributed by atoms with van der Waals surface area (Å²) >= 11 is 0. The van der Waals surface area contributed by atoms with E-state index in [1.165, 1.54) is 12.6 Å². The number of amides is 1. The number of nitrogens with one attached hydrogen (secondary N) is 1. The maximum atomic E-state index is 12.7. The Bertz CT molecular complexity index is 620. The van der Waals surface area contributed by atoms with Crippen LogP contribution in [0.4, 0.5) is 11.6 Å². The van der Waals surface area contributed by atoms with Gasteiger partial charge in [0.1, 0.15) is 5.69 Å². The van der Waals surface area contributed by atoms with Crippen LogP contribution in [0.1, 0.15) is 50.0 Å². The van der Waals surface area contributed by atoms with E-state index in [2.05, 4.69) is 34.0 Å². The lowest BCUT2D eigenvalue weighted by Crippen LogP contribution is -2.39. The maximum Gasteiger partial charge on any atom is 0.271 e. The largest absolute Gasteiger partial charge is 0.394 e. The molecule has 1 amide bonds. The third-order valence-electron chi connectivity index (χ3n) is 4.93. The molecule has 8 heteroatoms. The van der Waals surface area contributed by atoms with Crippen molar-refractivity contribution in [2.75, 3.05) is 56.8 Å². The topological polar surface area (TPSA) is 90.8 Å². The Labute approximate surface area is 168 Å². The predicted octanol–water partition coefficient (Wildman–Crippen LogP) is 1.69. The standard InChI is InChI=1S/C20H35N5O3/c1-15(2)12-16(14-26)22-20(27)17-13-21-18(25-8-6-5-7-9-25)19(23-17)24(3)10-11-28-4/h13,15-16,26H,5-12,14H2,1-4H3,(H,22,27)/t16-/m0/s1. The van der Waals surface area contributed by atoms with Crippen molar-refractivity contribution in [3.05, 3.63) is 11.9 Å². The smallest absolute Gasteiger partial charge is 0.271 e. The maximum absolute atomic E-state index is 12.7. The number of methoxy groups -OCH3 is 1. The van der Waals surface area contributed by atoms with Gasteiger partial charge in [0.2, 0.25) is 0 Å². The zero-order valence-electron chi connectivity index (χ0n) is 17.6. The van der Waals surface area contributed by atoms with Crippen molar-refractivity contribution in [1.82, 2.24) is 15.3 Å². The minimum absolute atomic E-state index is 0.0934. The van der Waals surface area contributed by atoms with Crippen molar-refractivity contribution in [3.8, 4) is 0 Å². The van der Waals surface area contributed by atoms with Gasteiger partial charge >= 0.3 is 0 Å². The van der Waals surface area contributed by atoms with Gasteiger partial charge in [-0.3, -0.25) is 4.79 Å². The summed E-state index contributed by atoms with van der Waals surface area (Å²) in [4.78, 5) is 26.2. The first kappa shape index (κ1) is 22.4. The average molecular weight is 394 g/mol. The summed E-state index contributed by atoms with van der Waals surface area (Å²) in [6.45, 7) is 7.15. The summed E-state index contributed by atoms with van der Waals surface area (Å²) in [5, 5.41) is 12.4. The predicted molar refractivity (Wildman–Crippen MR) is 111 cm³/mol. The average Bonchev–Trinajstić information content (AvgIpc) is 2.71. The Balaban J connectivity index is 2.24. The van der Waals surface area contributed by atoms with Gasteiger partial charge in [-0.2, -0.15) is 0 Å². The summed E-state index contributed by atoms with van der Waals surface area (Å²) < 4.78 is 5.19. The zero-order chi connectivity index (χ0) is 20.5. The summed E-state index contributed by atoms with van der Waals surface area (Å²) in [6, 6.07) is -0.286. The van der Waals surface area contributed by atoms with E-state index in [1.54, 1.807) is 7.11 Å². The molecule has 2 rings (SSSR count). The van der Waals surface area contributed by atoms with E-state index in [0.29, 0.717) is 31.3 Å². The number of aliphatic hydroxyl groups excluding tert-OH is 1. The van der Waals surface area contributed by atoms with Crippen LogP contribution in [0.5, 0.6) is 0 Å². The van der Waals surface area contributed by atoms with Crippen LogP contribution in [0.2, 0.25) is 0 Å². The normalized spacial score (nSPS) is 15.6. The number of anilines is 2. The van der Waals surface area contributed by atoms with Gasteiger partial charge in [0.25, 0.3) is 5.91 Å². The van der Waals surface area contributed by atoms with Gasteiger partial charge in [-0.05, 0) is 31.6 Å². The molecular formula is C20H35N5O3. The number of piperidine rings is 1. The van der Waals surface area contributed by atoms with Gasteiger partial charge in [0, 0.05) is 33.8 Å². The molecule has 1 fully saturated rings.